The Balaban J connectivity index is 2.03. The quantitative estimate of drug-likeness (QED) is 0.444. The van der Waals surface area contributed by atoms with Crippen LogP contribution in [0.3, 0.4) is 0 Å². The fourth-order valence-electron chi connectivity index (χ4n) is 2.08. The van der Waals surface area contributed by atoms with Crippen LogP contribution in [0.2, 0.25) is 0 Å². The number of aromatic nitrogens is 2. The van der Waals surface area contributed by atoms with Gasteiger partial charge in [-0.05, 0) is 37.1 Å². The third-order valence-corrected chi connectivity index (χ3v) is 4.12. The van der Waals surface area contributed by atoms with E-state index in [1.807, 2.05) is 37.3 Å². The largest absolute Gasteiger partial charge is 0.494 e. The van der Waals surface area contributed by atoms with Crippen molar-refractivity contribution in [2.24, 2.45) is 0 Å². The second-order valence-electron chi connectivity index (χ2n) is 5.42. The van der Waals surface area contributed by atoms with Crippen LogP contribution in [-0.2, 0) is 4.79 Å². The Kier molecular flexibility index (Phi) is 7.11. The van der Waals surface area contributed by atoms with Crippen molar-refractivity contribution in [1.82, 2.24) is 15.5 Å². The molecule has 2 rings (SSSR count). The number of unbranched alkanes of at least 4 members (excludes halogenated alkanes) is 1. The molecule has 0 aliphatic rings. The highest BCUT2D eigenvalue weighted by Crippen LogP contribution is 2.20. The maximum atomic E-state index is 12.3. The second-order valence-corrected chi connectivity index (χ2v) is 6.28. The number of carbonyl (C=O) groups excluding carboxylic acids is 1. The molecule has 130 valence electrons. The third kappa shape index (κ3) is 5.69. The van der Waals surface area contributed by atoms with Gasteiger partial charge in [0.2, 0.25) is 0 Å². The van der Waals surface area contributed by atoms with E-state index in [0.717, 1.165) is 24.2 Å². The van der Waals surface area contributed by atoms with Crippen LogP contribution in [0.1, 0.15) is 43.3 Å². The van der Waals surface area contributed by atoms with Gasteiger partial charge in [0.1, 0.15) is 27.9 Å². The van der Waals surface area contributed by atoms with Crippen molar-refractivity contribution < 1.29 is 9.53 Å². The highest BCUT2D eigenvalue weighted by Gasteiger charge is 2.15. The minimum atomic E-state index is -0.442. The summed E-state index contributed by atoms with van der Waals surface area (Å²) in [5.74, 6) is 0.333. The molecule has 1 N–H and O–H groups in total. The Bertz CT molecular complexity index is 766. The van der Waals surface area contributed by atoms with E-state index in [0.29, 0.717) is 11.6 Å². The van der Waals surface area contributed by atoms with Crippen molar-refractivity contribution >= 4 is 23.3 Å². The smallest absolute Gasteiger partial charge is 0.262 e. The zero-order valence-corrected chi connectivity index (χ0v) is 15.0. The highest BCUT2D eigenvalue weighted by molar-refractivity contribution is 7.10. The lowest BCUT2D eigenvalue weighted by atomic mass is 10.1. The molecule has 2 aromatic rings. The lowest BCUT2D eigenvalue weighted by Crippen LogP contribution is -2.27. The third-order valence-electron chi connectivity index (χ3n) is 3.48. The van der Waals surface area contributed by atoms with E-state index in [9.17, 15) is 10.1 Å². The van der Waals surface area contributed by atoms with Gasteiger partial charge in [0.25, 0.3) is 5.91 Å². The summed E-state index contributed by atoms with van der Waals surface area (Å²) in [5, 5.41) is 20.0. The van der Waals surface area contributed by atoms with Gasteiger partial charge in [0.05, 0.1) is 12.6 Å². The number of benzene rings is 1. The van der Waals surface area contributed by atoms with Crippen LogP contribution in [0.25, 0.3) is 6.08 Å². The summed E-state index contributed by atoms with van der Waals surface area (Å²) in [6.07, 6.45) is 3.51. The number of hydrogen-bond donors (Lipinski definition) is 1. The van der Waals surface area contributed by atoms with Crippen molar-refractivity contribution in [2.45, 2.75) is 32.7 Å². The molecule has 1 amide bonds. The first-order valence-corrected chi connectivity index (χ1v) is 8.93. The minimum Gasteiger partial charge on any atom is -0.494 e. The van der Waals surface area contributed by atoms with Gasteiger partial charge in [-0.15, -0.1) is 21.5 Å². The molecular formula is C18H20N4O2S. The predicted octanol–water partition coefficient (Wildman–Crippen LogP) is 3.50. The van der Waals surface area contributed by atoms with Gasteiger partial charge in [-0.1, -0.05) is 25.5 Å². The Morgan fingerprint density at radius 1 is 1.52 bits per heavy atom. The SMILES string of the molecule is CCCCOc1cccc(C(C)NC(=O)/C(C#N)=C/c2nncs2)c1. The molecule has 0 fully saturated rings. The number of nitrogens with one attached hydrogen (secondary N) is 1. The average Bonchev–Trinajstić information content (AvgIpc) is 3.13. The van der Waals surface area contributed by atoms with Gasteiger partial charge in [-0.25, -0.2) is 0 Å². The van der Waals surface area contributed by atoms with Crippen LogP contribution in [0.5, 0.6) is 5.75 Å². The predicted molar refractivity (Wildman–Crippen MR) is 96.9 cm³/mol. The summed E-state index contributed by atoms with van der Waals surface area (Å²) >= 11 is 1.26. The van der Waals surface area contributed by atoms with Gasteiger partial charge < -0.3 is 10.1 Å². The van der Waals surface area contributed by atoms with Gasteiger partial charge in [0, 0.05) is 0 Å². The number of carbonyl (C=O) groups is 1. The summed E-state index contributed by atoms with van der Waals surface area (Å²) in [5.41, 5.74) is 2.46. The molecule has 1 aromatic carbocycles. The lowest BCUT2D eigenvalue weighted by Gasteiger charge is -2.15. The molecule has 1 atom stereocenters. The van der Waals surface area contributed by atoms with Crippen LogP contribution in [0, 0.1) is 11.3 Å². The fourth-order valence-corrected chi connectivity index (χ4v) is 2.56. The number of ether oxygens (including phenoxy) is 1. The van der Waals surface area contributed by atoms with Crippen molar-refractivity contribution in [1.29, 1.82) is 5.26 Å². The first-order valence-electron chi connectivity index (χ1n) is 8.05. The van der Waals surface area contributed by atoms with Crippen LogP contribution in [0.15, 0.2) is 35.3 Å². The van der Waals surface area contributed by atoms with Crippen molar-refractivity contribution in [3.05, 3.63) is 45.9 Å². The summed E-state index contributed by atoms with van der Waals surface area (Å²) < 4.78 is 5.69. The van der Waals surface area contributed by atoms with Crippen molar-refractivity contribution in [3.8, 4) is 11.8 Å². The molecular weight excluding hydrogens is 336 g/mol. The molecule has 6 nitrogen and oxygen atoms in total. The number of nitrogens with zero attached hydrogens (tertiary/aromatic N) is 3. The van der Waals surface area contributed by atoms with E-state index < -0.39 is 5.91 Å². The van der Waals surface area contributed by atoms with Crippen LogP contribution >= 0.6 is 11.3 Å². The molecule has 0 saturated heterocycles. The van der Waals surface area contributed by atoms with E-state index >= 15 is 0 Å². The van der Waals surface area contributed by atoms with Crippen LogP contribution in [-0.4, -0.2) is 22.7 Å². The molecule has 1 heterocycles. The maximum Gasteiger partial charge on any atom is 0.262 e. The molecule has 0 aliphatic carbocycles. The lowest BCUT2D eigenvalue weighted by molar-refractivity contribution is -0.117. The zero-order chi connectivity index (χ0) is 18.1. The number of hydrogen-bond acceptors (Lipinski definition) is 6. The van der Waals surface area contributed by atoms with Crippen molar-refractivity contribution in [2.75, 3.05) is 6.61 Å². The molecule has 0 radical (unpaired) electrons. The topological polar surface area (TPSA) is 87.9 Å². The van der Waals surface area contributed by atoms with E-state index in [2.05, 4.69) is 22.4 Å². The Hall–Kier alpha value is -2.72. The molecule has 1 unspecified atom stereocenters. The molecule has 0 saturated carbocycles. The van der Waals surface area contributed by atoms with E-state index in [4.69, 9.17) is 4.74 Å². The molecule has 0 aliphatic heterocycles. The number of nitriles is 1. The highest BCUT2D eigenvalue weighted by atomic mass is 32.1. The minimum absolute atomic E-state index is 0.000972. The summed E-state index contributed by atoms with van der Waals surface area (Å²) in [7, 11) is 0. The molecule has 0 bridgehead atoms. The van der Waals surface area contributed by atoms with E-state index in [1.54, 1.807) is 5.51 Å². The molecule has 25 heavy (non-hydrogen) atoms. The summed E-state index contributed by atoms with van der Waals surface area (Å²) in [6, 6.07) is 9.25. The van der Waals surface area contributed by atoms with Crippen LogP contribution in [0.4, 0.5) is 0 Å². The van der Waals surface area contributed by atoms with Gasteiger partial charge in [-0.2, -0.15) is 5.26 Å². The van der Waals surface area contributed by atoms with Crippen LogP contribution < -0.4 is 10.1 Å². The zero-order valence-electron chi connectivity index (χ0n) is 14.2. The summed E-state index contributed by atoms with van der Waals surface area (Å²) in [4.78, 5) is 12.3. The van der Waals surface area contributed by atoms with E-state index in [-0.39, 0.29) is 11.6 Å². The maximum absolute atomic E-state index is 12.3. The van der Waals surface area contributed by atoms with Gasteiger partial charge >= 0.3 is 0 Å². The normalized spacial score (nSPS) is 12.3. The fraction of sp³-hybridized carbons (Fsp3) is 0.333. The first kappa shape index (κ1) is 18.6. The van der Waals surface area contributed by atoms with Crippen molar-refractivity contribution in [3.63, 3.8) is 0 Å². The standard InChI is InChI=1S/C18H20N4O2S/c1-3-4-8-24-16-7-5-6-14(9-16)13(2)21-18(23)15(11-19)10-17-22-20-12-25-17/h5-7,9-10,12-13H,3-4,8H2,1-2H3,(H,21,23)/b15-10+. The van der Waals surface area contributed by atoms with Gasteiger partial charge in [-0.3, -0.25) is 4.79 Å². The average molecular weight is 356 g/mol. The Morgan fingerprint density at radius 2 is 2.36 bits per heavy atom. The van der Waals surface area contributed by atoms with E-state index in [1.165, 1.54) is 17.4 Å². The van der Waals surface area contributed by atoms with Gasteiger partial charge in [0.15, 0.2) is 0 Å². The Labute approximate surface area is 151 Å². The number of rotatable bonds is 8. The Morgan fingerprint density at radius 3 is 3.04 bits per heavy atom. The number of amides is 1. The molecule has 7 heteroatoms. The first-order chi connectivity index (χ1) is 12.1. The second kappa shape index (κ2) is 9.55. The monoisotopic (exact) mass is 356 g/mol. The molecule has 1 aromatic heterocycles. The molecule has 0 spiro atoms. The summed E-state index contributed by atoms with van der Waals surface area (Å²) in [6.45, 7) is 4.65.